The topological polar surface area (TPSA) is 24.1 Å². The molecule has 4 atom stereocenters. The highest BCUT2D eigenvalue weighted by molar-refractivity contribution is 7.80. The summed E-state index contributed by atoms with van der Waals surface area (Å²) in [6, 6.07) is 1.21. The normalized spacial score (nSPS) is 37.8. The maximum atomic E-state index is 5.44. The third-order valence-corrected chi connectivity index (χ3v) is 4.69. The first-order valence-electron chi connectivity index (χ1n) is 7.22. The molecule has 2 aliphatic rings. The number of rotatable bonds is 2. The first-order chi connectivity index (χ1) is 8.15. The van der Waals surface area contributed by atoms with E-state index in [0.29, 0.717) is 12.1 Å². The van der Waals surface area contributed by atoms with Gasteiger partial charge < -0.3 is 10.6 Å². The van der Waals surface area contributed by atoms with Gasteiger partial charge in [0.1, 0.15) is 0 Å². The average molecular weight is 254 g/mol. The SMILES string of the molecule is CC1CCC(NC(=S)NC2CCCCC2C)C1. The number of thiocarbonyl (C=S) groups is 1. The lowest BCUT2D eigenvalue weighted by molar-refractivity contribution is 0.307. The van der Waals surface area contributed by atoms with E-state index in [9.17, 15) is 0 Å². The monoisotopic (exact) mass is 254 g/mol. The summed E-state index contributed by atoms with van der Waals surface area (Å²) in [6.07, 6.45) is 9.28. The van der Waals surface area contributed by atoms with Crippen LogP contribution in [0.25, 0.3) is 0 Å². The van der Waals surface area contributed by atoms with E-state index in [1.165, 1.54) is 44.9 Å². The zero-order chi connectivity index (χ0) is 12.3. The standard InChI is InChI=1S/C14H26N2S/c1-10-7-8-12(9-10)15-14(17)16-13-6-4-3-5-11(13)2/h10-13H,3-9H2,1-2H3,(H2,15,16,17). The van der Waals surface area contributed by atoms with Crippen molar-refractivity contribution in [1.82, 2.24) is 10.6 Å². The van der Waals surface area contributed by atoms with E-state index in [2.05, 4.69) is 24.5 Å². The predicted octanol–water partition coefficient (Wildman–Crippen LogP) is 3.22. The van der Waals surface area contributed by atoms with E-state index in [1.807, 2.05) is 0 Å². The van der Waals surface area contributed by atoms with Crippen LogP contribution in [0.3, 0.4) is 0 Å². The van der Waals surface area contributed by atoms with Crippen molar-refractivity contribution < 1.29 is 0 Å². The molecule has 0 aromatic carbocycles. The van der Waals surface area contributed by atoms with Crippen LogP contribution in [0.1, 0.15) is 58.8 Å². The van der Waals surface area contributed by atoms with Gasteiger partial charge in [0.05, 0.1) is 0 Å². The van der Waals surface area contributed by atoms with Crippen molar-refractivity contribution in [2.45, 2.75) is 70.9 Å². The van der Waals surface area contributed by atoms with Gasteiger partial charge in [0.2, 0.25) is 0 Å². The van der Waals surface area contributed by atoms with Gasteiger partial charge in [-0.3, -0.25) is 0 Å². The predicted molar refractivity (Wildman–Crippen MR) is 77.1 cm³/mol. The number of nitrogens with one attached hydrogen (secondary N) is 2. The fourth-order valence-electron chi connectivity index (χ4n) is 3.26. The van der Waals surface area contributed by atoms with Crippen molar-refractivity contribution in [2.24, 2.45) is 11.8 Å². The molecule has 2 N–H and O–H groups in total. The summed E-state index contributed by atoms with van der Waals surface area (Å²) in [5.41, 5.74) is 0. The second kappa shape index (κ2) is 6.03. The zero-order valence-electron chi connectivity index (χ0n) is 11.2. The van der Waals surface area contributed by atoms with Gasteiger partial charge in [0, 0.05) is 12.1 Å². The summed E-state index contributed by atoms with van der Waals surface area (Å²) in [5, 5.41) is 7.92. The molecular weight excluding hydrogens is 228 g/mol. The molecule has 0 aromatic rings. The quantitative estimate of drug-likeness (QED) is 0.740. The van der Waals surface area contributed by atoms with E-state index < -0.39 is 0 Å². The molecule has 0 bridgehead atoms. The first-order valence-corrected chi connectivity index (χ1v) is 7.63. The fraction of sp³-hybridized carbons (Fsp3) is 0.929. The van der Waals surface area contributed by atoms with Gasteiger partial charge in [-0.15, -0.1) is 0 Å². The molecule has 3 heteroatoms. The summed E-state index contributed by atoms with van der Waals surface area (Å²) >= 11 is 5.44. The molecule has 0 radical (unpaired) electrons. The van der Waals surface area contributed by atoms with Crippen molar-refractivity contribution >= 4 is 17.3 Å². The molecule has 2 aliphatic carbocycles. The molecule has 0 aromatic heterocycles. The minimum Gasteiger partial charge on any atom is -0.360 e. The Labute approximate surface area is 111 Å². The molecule has 98 valence electrons. The summed E-state index contributed by atoms with van der Waals surface area (Å²) in [5.74, 6) is 1.63. The Balaban J connectivity index is 1.73. The Morgan fingerprint density at radius 1 is 1.00 bits per heavy atom. The molecule has 0 saturated heterocycles. The van der Waals surface area contributed by atoms with Crippen molar-refractivity contribution in [3.8, 4) is 0 Å². The van der Waals surface area contributed by atoms with E-state index >= 15 is 0 Å². The van der Waals surface area contributed by atoms with Gasteiger partial charge in [-0.05, 0) is 56.2 Å². The van der Waals surface area contributed by atoms with Crippen LogP contribution in [-0.4, -0.2) is 17.2 Å². The molecule has 0 spiro atoms. The molecule has 4 unspecified atom stereocenters. The van der Waals surface area contributed by atoms with Gasteiger partial charge >= 0.3 is 0 Å². The molecule has 0 heterocycles. The van der Waals surface area contributed by atoms with E-state index in [1.54, 1.807) is 0 Å². The van der Waals surface area contributed by atoms with Crippen molar-refractivity contribution in [3.05, 3.63) is 0 Å². The molecular formula is C14H26N2S. The Hall–Kier alpha value is -0.310. The van der Waals surface area contributed by atoms with Crippen LogP contribution >= 0.6 is 12.2 Å². The van der Waals surface area contributed by atoms with Gasteiger partial charge in [0.25, 0.3) is 0 Å². The Bertz CT molecular complexity index is 267. The van der Waals surface area contributed by atoms with Crippen LogP contribution < -0.4 is 10.6 Å². The lowest BCUT2D eigenvalue weighted by Gasteiger charge is -2.31. The van der Waals surface area contributed by atoms with Gasteiger partial charge in [-0.25, -0.2) is 0 Å². The van der Waals surface area contributed by atoms with Crippen LogP contribution in [0.15, 0.2) is 0 Å². The van der Waals surface area contributed by atoms with Crippen LogP contribution in [0.4, 0.5) is 0 Å². The summed E-state index contributed by atoms with van der Waals surface area (Å²) in [4.78, 5) is 0. The van der Waals surface area contributed by atoms with Crippen molar-refractivity contribution in [1.29, 1.82) is 0 Å². The Kier molecular flexibility index (Phi) is 4.66. The van der Waals surface area contributed by atoms with Crippen molar-refractivity contribution in [3.63, 3.8) is 0 Å². The molecule has 2 fully saturated rings. The van der Waals surface area contributed by atoms with E-state index in [0.717, 1.165) is 16.9 Å². The van der Waals surface area contributed by atoms with Gasteiger partial charge in [-0.1, -0.05) is 26.7 Å². The second-order valence-electron chi connectivity index (χ2n) is 6.10. The molecule has 17 heavy (non-hydrogen) atoms. The largest absolute Gasteiger partial charge is 0.360 e. The second-order valence-corrected chi connectivity index (χ2v) is 6.51. The molecule has 2 rings (SSSR count). The van der Waals surface area contributed by atoms with Gasteiger partial charge in [-0.2, -0.15) is 0 Å². The summed E-state index contributed by atoms with van der Waals surface area (Å²) < 4.78 is 0. The maximum Gasteiger partial charge on any atom is 0.166 e. The van der Waals surface area contributed by atoms with Crippen LogP contribution in [0, 0.1) is 11.8 Å². The lowest BCUT2D eigenvalue weighted by atomic mass is 9.86. The van der Waals surface area contributed by atoms with Crippen molar-refractivity contribution in [2.75, 3.05) is 0 Å². The molecule has 0 aliphatic heterocycles. The molecule has 2 saturated carbocycles. The summed E-state index contributed by atoms with van der Waals surface area (Å²) in [6.45, 7) is 4.68. The molecule has 2 nitrogen and oxygen atoms in total. The maximum absolute atomic E-state index is 5.44. The highest BCUT2D eigenvalue weighted by Crippen LogP contribution is 2.25. The third kappa shape index (κ3) is 3.84. The van der Waals surface area contributed by atoms with Crippen LogP contribution in [0.5, 0.6) is 0 Å². The highest BCUT2D eigenvalue weighted by Gasteiger charge is 2.24. The number of hydrogen-bond acceptors (Lipinski definition) is 1. The Morgan fingerprint density at radius 3 is 2.41 bits per heavy atom. The highest BCUT2D eigenvalue weighted by atomic mass is 32.1. The number of hydrogen-bond donors (Lipinski definition) is 2. The lowest BCUT2D eigenvalue weighted by Crippen LogP contribution is -2.48. The smallest absolute Gasteiger partial charge is 0.166 e. The van der Waals surface area contributed by atoms with Gasteiger partial charge in [0.15, 0.2) is 5.11 Å². The van der Waals surface area contributed by atoms with E-state index in [4.69, 9.17) is 12.2 Å². The minimum atomic E-state index is 0.600. The van der Waals surface area contributed by atoms with E-state index in [-0.39, 0.29) is 0 Å². The van der Waals surface area contributed by atoms with Crippen LogP contribution in [-0.2, 0) is 0 Å². The summed E-state index contributed by atoms with van der Waals surface area (Å²) in [7, 11) is 0. The fourth-order valence-corrected chi connectivity index (χ4v) is 3.58. The van der Waals surface area contributed by atoms with Crippen LogP contribution in [0.2, 0.25) is 0 Å². The first kappa shape index (κ1) is 13.1. The average Bonchev–Trinajstić information content (AvgIpc) is 2.67. The minimum absolute atomic E-state index is 0.600. The molecule has 0 amide bonds. The third-order valence-electron chi connectivity index (χ3n) is 4.46. The Morgan fingerprint density at radius 2 is 1.76 bits per heavy atom. The zero-order valence-corrected chi connectivity index (χ0v) is 12.0.